The number of pyridine rings is 1. The predicted molar refractivity (Wildman–Crippen MR) is 177 cm³/mol. The number of amides is 3. The number of sulfonamides is 1. The van der Waals surface area contributed by atoms with Crippen molar-refractivity contribution in [3.05, 3.63) is 77.5 Å². The van der Waals surface area contributed by atoms with E-state index in [0.717, 1.165) is 25.9 Å². The Balaban J connectivity index is 1.47. The van der Waals surface area contributed by atoms with Gasteiger partial charge >= 0.3 is 6.03 Å². The van der Waals surface area contributed by atoms with E-state index in [0.29, 0.717) is 36.5 Å². The lowest BCUT2D eigenvalue weighted by atomic mass is 9.83. The number of nitrogens with one attached hydrogen (secondary N) is 2. The summed E-state index contributed by atoms with van der Waals surface area (Å²) in [5.74, 6) is -0.839. The van der Waals surface area contributed by atoms with E-state index in [2.05, 4.69) is 26.6 Å². The molecule has 4 heterocycles. The van der Waals surface area contributed by atoms with Crippen LogP contribution in [-0.4, -0.2) is 93.7 Å². The summed E-state index contributed by atoms with van der Waals surface area (Å²) in [6.45, 7) is 7.96. The van der Waals surface area contributed by atoms with Crippen LogP contribution in [0.1, 0.15) is 43.4 Å². The number of hydrogen-bond donors (Lipinski definition) is 2. The summed E-state index contributed by atoms with van der Waals surface area (Å²) in [5, 5.41) is 16.3. The van der Waals surface area contributed by atoms with Crippen molar-refractivity contribution in [1.82, 2.24) is 25.4 Å². The number of nitriles is 1. The number of hydrogen-bond acceptors (Lipinski definition) is 10. The molecule has 48 heavy (non-hydrogen) atoms. The smallest absolute Gasteiger partial charge is 0.318 e. The molecule has 0 saturated carbocycles. The monoisotopic (exact) mass is 673 g/mol. The van der Waals surface area contributed by atoms with Gasteiger partial charge in [-0.2, -0.15) is 9.57 Å². The fourth-order valence-electron chi connectivity index (χ4n) is 6.81. The van der Waals surface area contributed by atoms with Crippen LogP contribution in [-0.2, 0) is 20.4 Å². The topological polar surface area (TPSA) is 157 Å². The van der Waals surface area contributed by atoms with Gasteiger partial charge in [-0.3, -0.25) is 9.69 Å². The van der Waals surface area contributed by atoms with Gasteiger partial charge in [0.05, 0.1) is 36.1 Å². The molecule has 252 valence electrons. The van der Waals surface area contributed by atoms with Gasteiger partial charge in [-0.1, -0.05) is 12.1 Å². The van der Waals surface area contributed by atoms with E-state index in [-0.39, 0.29) is 52.1 Å². The number of anilines is 1. The van der Waals surface area contributed by atoms with Crippen molar-refractivity contribution >= 4 is 27.6 Å². The molecule has 1 atom stereocenters. The van der Waals surface area contributed by atoms with E-state index in [4.69, 9.17) is 9.47 Å². The highest BCUT2D eigenvalue weighted by Gasteiger charge is 2.59. The van der Waals surface area contributed by atoms with Crippen molar-refractivity contribution in [2.45, 2.75) is 43.2 Å². The molecule has 0 bridgehead atoms. The van der Waals surface area contributed by atoms with Crippen LogP contribution in [0.2, 0.25) is 0 Å². The first kappa shape index (κ1) is 33.2. The highest BCUT2D eigenvalue weighted by molar-refractivity contribution is 7.93. The Kier molecular flexibility index (Phi) is 9.54. The summed E-state index contributed by atoms with van der Waals surface area (Å²) in [6.07, 6.45) is 3.57. The van der Waals surface area contributed by atoms with Crippen molar-refractivity contribution in [2.75, 3.05) is 56.8 Å². The molecule has 14 heteroatoms. The van der Waals surface area contributed by atoms with Gasteiger partial charge in [0.2, 0.25) is 5.88 Å². The van der Waals surface area contributed by atoms with E-state index < -0.39 is 27.5 Å². The molecule has 2 saturated heterocycles. The molecular weight excluding hydrogens is 634 g/mol. The molecule has 13 nitrogen and oxygen atoms in total. The Bertz CT molecular complexity index is 1830. The van der Waals surface area contributed by atoms with Crippen LogP contribution in [0.3, 0.4) is 0 Å². The van der Waals surface area contributed by atoms with Crippen LogP contribution in [0.4, 0.5) is 10.5 Å². The normalized spacial score (nSPS) is 20.2. The average Bonchev–Trinajstić information content (AvgIpc) is 3.36. The van der Waals surface area contributed by atoms with Crippen molar-refractivity contribution in [3.63, 3.8) is 0 Å². The van der Waals surface area contributed by atoms with E-state index in [9.17, 15) is 18.5 Å². The number of fused-ring (bicyclic) bond motifs is 1. The molecular formula is C34H39N7O6S. The molecule has 3 aliphatic rings. The van der Waals surface area contributed by atoms with Crippen LogP contribution in [0.5, 0.6) is 11.6 Å². The number of rotatable bonds is 9. The molecule has 3 amide bonds. The zero-order valence-corrected chi connectivity index (χ0v) is 27.8. The molecule has 1 unspecified atom stereocenters. The summed E-state index contributed by atoms with van der Waals surface area (Å²) in [4.78, 5) is 37.6. The van der Waals surface area contributed by atoms with Crippen molar-refractivity contribution in [1.29, 1.82) is 5.26 Å². The number of piperazine rings is 1. The van der Waals surface area contributed by atoms with E-state index in [1.165, 1.54) is 36.5 Å². The number of aromatic nitrogens is 1. The van der Waals surface area contributed by atoms with Gasteiger partial charge in [-0.15, -0.1) is 0 Å². The Morgan fingerprint density at radius 1 is 1.02 bits per heavy atom. The summed E-state index contributed by atoms with van der Waals surface area (Å²) in [7, 11) is -4.62. The minimum Gasteiger partial charge on any atom is -0.492 e. The first-order valence-electron chi connectivity index (χ1n) is 16.2. The number of carbonyl (C=O) groups is 2. The third-order valence-electron chi connectivity index (χ3n) is 9.10. The summed E-state index contributed by atoms with van der Waals surface area (Å²) < 4.78 is 41.3. The van der Waals surface area contributed by atoms with E-state index in [1.807, 2.05) is 0 Å². The fourth-order valence-corrected chi connectivity index (χ4v) is 8.41. The third kappa shape index (κ3) is 5.82. The molecule has 2 fully saturated rings. The van der Waals surface area contributed by atoms with Crippen LogP contribution < -0.4 is 24.4 Å². The number of piperidine rings is 1. The maximum atomic E-state index is 15.1. The summed E-state index contributed by atoms with van der Waals surface area (Å²) in [5.41, 5.74) is -1.69. The molecule has 0 radical (unpaired) electrons. The first-order chi connectivity index (χ1) is 23.3. The number of urea groups is 1. The molecule has 3 aliphatic heterocycles. The standard InChI is InChI=1S/C34H39N7O6S/c1-3-46-29-9-5-6-10-30(29)48(44,45)41-28-12-11-24(23-35)22-27(28)34(32(41)42,26-8-7-15-37-31(26)47-4-2)38-33(43)40-20-18-39(19-21-40)25-13-16-36-17-14-25/h5-12,15,22,25,36H,3-4,13-14,16-21H2,1-2H3,(H,38,43). The van der Waals surface area contributed by atoms with Gasteiger partial charge in [0.15, 0.2) is 5.54 Å². The van der Waals surface area contributed by atoms with Gasteiger partial charge in [-0.05, 0) is 82.2 Å². The second-order valence-corrected chi connectivity index (χ2v) is 13.5. The maximum Gasteiger partial charge on any atom is 0.318 e. The van der Waals surface area contributed by atoms with Crippen LogP contribution in [0.15, 0.2) is 65.7 Å². The Labute approximate surface area is 280 Å². The Morgan fingerprint density at radius 2 is 1.75 bits per heavy atom. The van der Waals surface area contributed by atoms with Crippen LogP contribution in [0.25, 0.3) is 0 Å². The van der Waals surface area contributed by atoms with E-state index in [1.54, 1.807) is 43.0 Å². The van der Waals surface area contributed by atoms with Gasteiger partial charge < -0.3 is 25.0 Å². The molecule has 2 aromatic carbocycles. The van der Waals surface area contributed by atoms with Gasteiger partial charge in [0, 0.05) is 44.0 Å². The van der Waals surface area contributed by atoms with Gasteiger partial charge in [0.1, 0.15) is 10.6 Å². The van der Waals surface area contributed by atoms with Crippen molar-refractivity contribution in [3.8, 4) is 17.7 Å². The molecule has 6 rings (SSSR count). The van der Waals surface area contributed by atoms with Crippen LogP contribution >= 0.6 is 0 Å². The summed E-state index contributed by atoms with van der Waals surface area (Å²) in [6, 6.07) is 15.5. The lowest BCUT2D eigenvalue weighted by Gasteiger charge is -2.41. The SMILES string of the molecule is CCOc1ccccc1S(=O)(=O)N1C(=O)C(NC(=O)N2CCN(C3CCNCC3)CC2)(c2cccnc2OCC)c2cc(C#N)ccc21. The second-order valence-electron chi connectivity index (χ2n) is 11.8. The van der Waals surface area contributed by atoms with Gasteiger partial charge in [-0.25, -0.2) is 18.2 Å². The largest absolute Gasteiger partial charge is 0.492 e. The molecule has 3 aromatic rings. The number of ether oxygens (including phenoxy) is 2. The number of carbonyl (C=O) groups excluding carboxylic acids is 2. The van der Waals surface area contributed by atoms with Crippen molar-refractivity contribution in [2.24, 2.45) is 0 Å². The van der Waals surface area contributed by atoms with Crippen LogP contribution in [0, 0.1) is 11.3 Å². The minimum atomic E-state index is -4.62. The molecule has 1 aromatic heterocycles. The third-order valence-corrected chi connectivity index (χ3v) is 10.8. The molecule has 2 N–H and O–H groups in total. The molecule has 0 aliphatic carbocycles. The Morgan fingerprint density at radius 3 is 2.46 bits per heavy atom. The predicted octanol–water partition coefficient (Wildman–Crippen LogP) is 2.81. The zero-order chi connectivity index (χ0) is 33.9. The summed E-state index contributed by atoms with van der Waals surface area (Å²) >= 11 is 0. The lowest BCUT2D eigenvalue weighted by molar-refractivity contribution is -0.121. The van der Waals surface area contributed by atoms with Crippen molar-refractivity contribution < 1.29 is 27.5 Å². The quantitative estimate of drug-likeness (QED) is 0.346. The van der Waals surface area contributed by atoms with Gasteiger partial charge in [0.25, 0.3) is 15.9 Å². The fraction of sp³-hybridized carbons (Fsp3) is 0.412. The average molecular weight is 674 g/mol. The highest BCUT2D eigenvalue weighted by Crippen LogP contribution is 2.49. The number of nitrogens with zero attached hydrogens (tertiary/aromatic N) is 5. The number of para-hydroxylation sites is 1. The zero-order valence-electron chi connectivity index (χ0n) is 27.0. The van der Waals surface area contributed by atoms with E-state index >= 15 is 4.79 Å². The second kappa shape index (κ2) is 13.8. The maximum absolute atomic E-state index is 15.1. The molecule has 0 spiro atoms. The minimum absolute atomic E-state index is 0.00682. The highest BCUT2D eigenvalue weighted by atomic mass is 32.2. The lowest BCUT2D eigenvalue weighted by Crippen LogP contribution is -2.61. The number of benzene rings is 2. The first-order valence-corrected chi connectivity index (χ1v) is 17.7. The Hall–Kier alpha value is -4.71.